The molecule has 200 valence electrons. The monoisotopic (exact) mass is 601 g/mol. The van der Waals surface area contributed by atoms with Crippen LogP contribution in [0.25, 0.3) is 10.8 Å². The number of benzene rings is 3. The van der Waals surface area contributed by atoms with Gasteiger partial charge in [-0.15, -0.1) is 12.4 Å². The van der Waals surface area contributed by atoms with E-state index in [2.05, 4.69) is 31.6 Å². The van der Waals surface area contributed by atoms with Gasteiger partial charge in [-0.2, -0.15) is 0 Å². The van der Waals surface area contributed by atoms with Crippen LogP contribution in [-0.4, -0.2) is 41.9 Å². The minimum absolute atomic E-state index is 0. The van der Waals surface area contributed by atoms with E-state index in [9.17, 15) is 19.2 Å². The molecule has 0 heterocycles. The van der Waals surface area contributed by atoms with Crippen molar-refractivity contribution in [3.63, 3.8) is 0 Å². The average Bonchev–Trinajstić information content (AvgIpc) is 2.87. The fourth-order valence-electron chi connectivity index (χ4n) is 3.73. The Morgan fingerprint density at radius 1 is 0.947 bits per heavy atom. The van der Waals surface area contributed by atoms with Crippen LogP contribution in [0.15, 0.2) is 70.1 Å². The number of nitrogens with zero attached hydrogens (tertiary/aromatic N) is 1. The van der Waals surface area contributed by atoms with Crippen LogP contribution in [0.2, 0.25) is 0 Å². The molecule has 1 unspecified atom stereocenters. The van der Waals surface area contributed by atoms with Gasteiger partial charge in [0.2, 0.25) is 0 Å². The Morgan fingerprint density at radius 2 is 1.66 bits per heavy atom. The summed E-state index contributed by atoms with van der Waals surface area (Å²) in [4.78, 5) is 54.8. The van der Waals surface area contributed by atoms with Gasteiger partial charge in [0.1, 0.15) is 0 Å². The highest BCUT2D eigenvalue weighted by molar-refractivity contribution is 9.10. The number of nitrogens with two attached hydrogens (primary N) is 2. The number of halogens is 2. The maximum Gasteiger partial charge on any atom is 0.293 e. The van der Waals surface area contributed by atoms with E-state index in [1.165, 1.54) is 19.1 Å². The lowest BCUT2D eigenvalue weighted by molar-refractivity contribution is -0.124. The molecule has 0 saturated carbocycles. The van der Waals surface area contributed by atoms with Crippen LogP contribution in [0.5, 0.6) is 0 Å². The van der Waals surface area contributed by atoms with Crippen molar-refractivity contribution in [1.29, 1.82) is 0 Å². The predicted molar refractivity (Wildman–Crippen MR) is 155 cm³/mol. The van der Waals surface area contributed by atoms with Gasteiger partial charge in [0.05, 0.1) is 17.3 Å². The van der Waals surface area contributed by atoms with Crippen molar-refractivity contribution in [3.8, 4) is 0 Å². The van der Waals surface area contributed by atoms with Crippen LogP contribution >= 0.6 is 28.3 Å². The number of anilines is 1. The number of rotatable bonds is 11. The molecule has 3 aromatic rings. The predicted octanol–water partition coefficient (Wildman–Crippen LogP) is 3.98. The van der Waals surface area contributed by atoms with Crippen molar-refractivity contribution in [1.82, 2.24) is 5.32 Å². The van der Waals surface area contributed by atoms with Gasteiger partial charge in [0, 0.05) is 16.6 Å². The minimum Gasteiger partial charge on any atom is -0.370 e. The van der Waals surface area contributed by atoms with Crippen LogP contribution in [0.4, 0.5) is 5.69 Å². The topological polar surface area (TPSA) is 157 Å². The Balaban J connectivity index is 0.00000507. The Hall–Kier alpha value is -3.76. The van der Waals surface area contributed by atoms with Crippen LogP contribution in [0.1, 0.15) is 46.9 Å². The molecular weight excluding hydrogens is 574 g/mol. The van der Waals surface area contributed by atoms with Crippen molar-refractivity contribution in [2.45, 2.75) is 32.2 Å². The highest BCUT2D eigenvalue weighted by atomic mass is 79.9. The third kappa shape index (κ3) is 8.39. The summed E-state index contributed by atoms with van der Waals surface area (Å²) in [5, 5.41) is 7.13. The molecule has 0 bridgehead atoms. The lowest BCUT2D eigenvalue weighted by Crippen LogP contribution is -2.43. The van der Waals surface area contributed by atoms with Crippen LogP contribution < -0.4 is 22.1 Å². The molecule has 11 heteroatoms. The van der Waals surface area contributed by atoms with Gasteiger partial charge in [0.25, 0.3) is 17.6 Å². The number of guanidine groups is 1. The van der Waals surface area contributed by atoms with Crippen molar-refractivity contribution in [3.05, 3.63) is 76.3 Å². The average molecular weight is 603 g/mol. The molecule has 9 nitrogen and oxygen atoms in total. The van der Waals surface area contributed by atoms with E-state index in [1.807, 2.05) is 30.3 Å². The van der Waals surface area contributed by atoms with Gasteiger partial charge >= 0.3 is 0 Å². The van der Waals surface area contributed by atoms with Crippen LogP contribution in [0, 0.1) is 0 Å². The molecule has 0 fully saturated rings. The Kier molecular flexibility index (Phi) is 11.4. The zero-order valence-corrected chi connectivity index (χ0v) is 23.1. The zero-order chi connectivity index (χ0) is 26.9. The summed E-state index contributed by atoms with van der Waals surface area (Å²) in [5.41, 5.74) is 11.2. The molecule has 0 radical (unpaired) electrons. The number of Topliss-reactive ketones (excluding diaryl/α,β-unsaturated/α-hetero) is 2. The molecule has 6 N–H and O–H groups in total. The molecule has 2 amide bonds. The fourth-order valence-corrected chi connectivity index (χ4v) is 4.09. The first-order valence-corrected chi connectivity index (χ1v) is 12.5. The van der Waals surface area contributed by atoms with Crippen LogP contribution in [0.3, 0.4) is 0 Å². The molecule has 1 atom stereocenters. The lowest BCUT2D eigenvalue weighted by atomic mass is 10.0. The summed E-state index contributed by atoms with van der Waals surface area (Å²) in [6, 6.07) is 16.7. The molecule has 0 saturated heterocycles. The molecule has 0 spiro atoms. The molecular formula is C27H29BrClN5O4. The highest BCUT2D eigenvalue weighted by Gasteiger charge is 2.25. The van der Waals surface area contributed by atoms with Gasteiger partial charge < -0.3 is 22.1 Å². The van der Waals surface area contributed by atoms with Crippen LogP contribution in [-0.2, 0) is 9.59 Å². The number of nitrogens with one attached hydrogen (secondary N) is 2. The fraction of sp³-hybridized carbons (Fsp3) is 0.222. The van der Waals surface area contributed by atoms with Gasteiger partial charge in [-0.05, 0) is 67.3 Å². The molecule has 0 aliphatic heterocycles. The number of hydrogen-bond acceptors (Lipinski definition) is 5. The quantitative estimate of drug-likeness (QED) is 0.0855. The second kappa shape index (κ2) is 14.3. The van der Waals surface area contributed by atoms with E-state index < -0.39 is 23.6 Å². The van der Waals surface area contributed by atoms with Crippen molar-refractivity contribution in [2.75, 3.05) is 11.9 Å². The highest BCUT2D eigenvalue weighted by Crippen LogP contribution is 2.24. The molecule has 0 aliphatic carbocycles. The SMILES string of the molecule is CC(=O)C(CCCCN=C(N)N)NC(=O)C(=O)c1cc(Br)ccc1NC(=O)c1ccc2ccccc2c1.Cl. The van der Waals surface area contributed by atoms with Gasteiger partial charge in [-0.3, -0.25) is 24.2 Å². The third-order valence-electron chi connectivity index (χ3n) is 5.68. The summed E-state index contributed by atoms with van der Waals surface area (Å²) >= 11 is 3.31. The normalized spacial score (nSPS) is 11.1. The first kappa shape index (κ1) is 30.5. The molecule has 3 aromatic carbocycles. The second-order valence-corrected chi connectivity index (χ2v) is 9.39. The number of amides is 2. The molecule has 3 rings (SSSR count). The summed E-state index contributed by atoms with van der Waals surface area (Å²) in [7, 11) is 0. The summed E-state index contributed by atoms with van der Waals surface area (Å²) in [6.45, 7) is 1.75. The second-order valence-electron chi connectivity index (χ2n) is 8.47. The molecule has 38 heavy (non-hydrogen) atoms. The first-order chi connectivity index (χ1) is 17.7. The third-order valence-corrected chi connectivity index (χ3v) is 6.18. The Bertz CT molecular complexity index is 1370. The summed E-state index contributed by atoms with van der Waals surface area (Å²) < 4.78 is 0.551. The Labute approximate surface area is 235 Å². The van der Waals surface area contributed by atoms with E-state index in [1.54, 1.807) is 18.2 Å². The smallest absolute Gasteiger partial charge is 0.293 e. The summed E-state index contributed by atoms with van der Waals surface area (Å²) in [5.74, 6) is -2.53. The number of carbonyl (C=O) groups excluding carboxylic acids is 4. The van der Waals surface area contributed by atoms with Crippen molar-refractivity contribution >= 4 is 74.1 Å². The minimum atomic E-state index is -0.941. The van der Waals surface area contributed by atoms with Gasteiger partial charge in [-0.1, -0.05) is 46.3 Å². The van der Waals surface area contributed by atoms with E-state index in [4.69, 9.17) is 11.5 Å². The van der Waals surface area contributed by atoms with Crippen molar-refractivity contribution in [2.24, 2.45) is 16.5 Å². The zero-order valence-electron chi connectivity index (χ0n) is 20.7. The van der Waals surface area contributed by atoms with E-state index in [0.29, 0.717) is 35.8 Å². The maximum absolute atomic E-state index is 13.1. The van der Waals surface area contributed by atoms with E-state index >= 15 is 0 Å². The van der Waals surface area contributed by atoms with E-state index in [-0.39, 0.29) is 35.4 Å². The number of aliphatic imine (C=N–C) groups is 1. The van der Waals surface area contributed by atoms with E-state index in [0.717, 1.165) is 10.8 Å². The number of carbonyl (C=O) groups is 4. The first-order valence-electron chi connectivity index (χ1n) is 11.7. The number of ketones is 2. The molecule has 0 aromatic heterocycles. The largest absolute Gasteiger partial charge is 0.370 e. The standard InChI is InChI=1S/C27H28BrN5O4.ClH/c1-16(34)22(8-4-5-13-31-27(29)30)32-26(37)24(35)21-15-20(28)11-12-23(21)33-25(36)19-10-9-17-6-2-3-7-18(17)14-19;/h2-3,6-7,9-12,14-15,22H,4-5,8,13H2,1H3,(H,32,37)(H,33,36)(H4,29,30,31);1H. The molecule has 0 aliphatic rings. The number of fused-ring (bicyclic) bond motifs is 1. The lowest BCUT2D eigenvalue weighted by Gasteiger charge is -2.16. The van der Waals surface area contributed by atoms with Gasteiger partial charge in [-0.25, -0.2) is 0 Å². The van der Waals surface area contributed by atoms with Crippen molar-refractivity contribution < 1.29 is 19.2 Å². The number of hydrogen-bond donors (Lipinski definition) is 4. The number of unbranched alkanes of at least 4 members (excludes halogenated alkanes) is 1. The summed E-state index contributed by atoms with van der Waals surface area (Å²) in [6.07, 6.45) is 1.51. The Morgan fingerprint density at radius 3 is 2.34 bits per heavy atom. The maximum atomic E-state index is 13.1. The van der Waals surface area contributed by atoms with Gasteiger partial charge in [0.15, 0.2) is 11.7 Å².